The molecular formula is C65H111NO5. The predicted molar refractivity (Wildman–Crippen MR) is 310 cm³/mol. The molecule has 0 aliphatic carbocycles. The Morgan fingerprint density at radius 2 is 0.775 bits per heavy atom. The first-order chi connectivity index (χ1) is 35.0. The van der Waals surface area contributed by atoms with Crippen molar-refractivity contribution in [2.24, 2.45) is 0 Å². The molecule has 0 rings (SSSR count). The van der Waals surface area contributed by atoms with Gasteiger partial charge in [0.15, 0.2) is 0 Å². The number of esters is 1. The van der Waals surface area contributed by atoms with E-state index in [-0.39, 0.29) is 24.9 Å². The molecule has 0 radical (unpaired) electrons. The summed E-state index contributed by atoms with van der Waals surface area (Å²) in [6, 6.07) is -0.735. The number of amides is 1. The second kappa shape index (κ2) is 57.4. The fourth-order valence-electron chi connectivity index (χ4n) is 8.39. The van der Waals surface area contributed by atoms with Crippen molar-refractivity contribution in [2.45, 2.75) is 283 Å². The van der Waals surface area contributed by atoms with Gasteiger partial charge in [0, 0.05) is 6.42 Å². The number of hydrogen-bond acceptors (Lipinski definition) is 5. The van der Waals surface area contributed by atoms with Crippen molar-refractivity contribution in [1.29, 1.82) is 0 Å². The molecule has 3 atom stereocenters. The first-order valence-electron chi connectivity index (χ1n) is 29.6. The van der Waals surface area contributed by atoms with Gasteiger partial charge in [0.25, 0.3) is 0 Å². The normalized spacial score (nSPS) is 13.9. The standard InChI is InChI=1S/C65H111NO5/c1-4-7-10-13-16-19-22-25-28-31-32-34-37-40-43-46-49-52-55-58-65(70)71-61(56-53-50-47-44-41-38-35-33-29-26-23-20-17-14-11-8-5-2)59-64(69)66-62(60-67)63(68)57-54-51-48-45-42-39-36-30-27-24-21-18-15-12-9-6-3/h8,11,16-17,19-20,25-26,28-29,32,34-35,38,40,43-44,47,61-63,67-68H,4-7,9-10,12-15,18,21-24,27,30-31,33,36-37,39,41-42,45-46,48-60H2,1-3H3,(H,66,69)/b11-8-,19-16-,20-17-,28-25-,29-26-,34-32-,38-35-,43-40-,47-44-. The van der Waals surface area contributed by atoms with Gasteiger partial charge in [0.2, 0.25) is 5.91 Å². The zero-order chi connectivity index (χ0) is 51.6. The number of rotatable bonds is 52. The van der Waals surface area contributed by atoms with Crippen LogP contribution in [-0.4, -0.2) is 46.9 Å². The zero-order valence-corrected chi connectivity index (χ0v) is 46.3. The highest BCUT2D eigenvalue weighted by Crippen LogP contribution is 2.17. The molecule has 0 aromatic rings. The van der Waals surface area contributed by atoms with Gasteiger partial charge in [-0.2, -0.15) is 0 Å². The first-order valence-corrected chi connectivity index (χ1v) is 29.6. The molecule has 0 spiro atoms. The average Bonchev–Trinajstić information content (AvgIpc) is 3.36. The Labute approximate surface area is 438 Å². The highest BCUT2D eigenvalue weighted by Gasteiger charge is 2.24. The molecule has 0 saturated heterocycles. The molecule has 0 bridgehead atoms. The minimum Gasteiger partial charge on any atom is -0.462 e. The summed E-state index contributed by atoms with van der Waals surface area (Å²) in [6.45, 7) is 6.33. The van der Waals surface area contributed by atoms with E-state index in [0.29, 0.717) is 19.3 Å². The van der Waals surface area contributed by atoms with Gasteiger partial charge < -0.3 is 20.3 Å². The van der Waals surface area contributed by atoms with Crippen LogP contribution in [0, 0.1) is 0 Å². The fraction of sp³-hybridized carbons (Fsp3) is 0.692. The highest BCUT2D eigenvalue weighted by molar-refractivity contribution is 5.77. The molecule has 0 aromatic heterocycles. The van der Waals surface area contributed by atoms with Crippen LogP contribution in [0.5, 0.6) is 0 Å². The van der Waals surface area contributed by atoms with Gasteiger partial charge in [0.1, 0.15) is 6.10 Å². The van der Waals surface area contributed by atoms with Crippen LogP contribution in [0.1, 0.15) is 265 Å². The molecule has 3 N–H and O–H groups in total. The Bertz CT molecular complexity index is 1430. The number of hydrogen-bond donors (Lipinski definition) is 3. The van der Waals surface area contributed by atoms with E-state index in [0.717, 1.165) is 109 Å². The number of aliphatic hydroxyl groups excluding tert-OH is 2. The maximum atomic E-state index is 13.3. The average molecular weight is 987 g/mol. The van der Waals surface area contributed by atoms with Gasteiger partial charge in [0.05, 0.1) is 25.2 Å². The molecule has 0 aliphatic heterocycles. The van der Waals surface area contributed by atoms with Crippen LogP contribution in [0.3, 0.4) is 0 Å². The van der Waals surface area contributed by atoms with Crippen LogP contribution in [-0.2, 0) is 14.3 Å². The molecule has 0 aliphatic rings. The van der Waals surface area contributed by atoms with E-state index >= 15 is 0 Å². The van der Waals surface area contributed by atoms with Gasteiger partial charge in [-0.15, -0.1) is 0 Å². The molecule has 6 heteroatoms. The predicted octanol–water partition coefficient (Wildman–Crippen LogP) is 18.6. The van der Waals surface area contributed by atoms with Gasteiger partial charge in [-0.3, -0.25) is 9.59 Å². The second-order valence-corrected chi connectivity index (χ2v) is 19.7. The largest absolute Gasteiger partial charge is 0.462 e. The molecule has 0 heterocycles. The van der Waals surface area contributed by atoms with Crippen molar-refractivity contribution in [3.05, 3.63) is 109 Å². The number of unbranched alkanes of at least 4 members (excludes halogenated alkanes) is 22. The molecule has 71 heavy (non-hydrogen) atoms. The van der Waals surface area contributed by atoms with Crippen molar-refractivity contribution >= 4 is 11.9 Å². The number of carbonyl (C=O) groups excluding carboxylic acids is 2. The summed E-state index contributed by atoms with van der Waals surface area (Å²) >= 11 is 0. The SMILES string of the molecule is CC/C=C\C/C=C\C/C=C\C/C=C\C/C=C\CCCC(CC(=O)NC(CO)C(O)CCCCCCCCCCCCCCCCCC)OC(=O)CCCCC/C=C\C/C=C\C/C=C\C/C=C\CCCCC. The molecule has 0 fully saturated rings. The molecule has 0 saturated carbocycles. The first kappa shape index (κ1) is 67.5. The Morgan fingerprint density at radius 1 is 0.423 bits per heavy atom. The van der Waals surface area contributed by atoms with Gasteiger partial charge in [-0.1, -0.05) is 252 Å². The Kier molecular flexibility index (Phi) is 54.6. The van der Waals surface area contributed by atoms with E-state index < -0.39 is 18.2 Å². The monoisotopic (exact) mass is 986 g/mol. The van der Waals surface area contributed by atoms with Gasteiger partial charge >= 0.3 is 5.97 Å². The van der Waals surface area contributed by atoms with Gasteiger partial charge in [-0.05, 0) is 109 Å². The lowest BCUT2D eigenvalue weighted by Gasteiger charge is -2.24. The van der Waals surface area contributed by atoms with Crippen molar-refractivity contribution in [3.63, 3.8) is 0 Å². The van der Waals surface area contributed by atoms with Crippen LogP contribution < -0.4 is 5.32 Å². The lowest BCUT2D eigenvalue weighted by molar-refractivity contribution is -0.151. The number of aliphatic hydroxyl groups is 2. The molecule has 406 valence electrons. The Morgan fingerprint density at radius 3 is 1.20 bits per heavy atom. The maximum Gasteiger partial charge on any atom is 0.306 e. The molecule has 3 unspecified atom stereocenters. The summed E-state index contributed by atoms with van der Waals surface area (Å²) in [4.78, 5) is 26.3. The lowest BCUT2D eigenvalue weighted by Crippen LogP contribution is -2.46. The third kappa shape index (κ3) is 52.7. The van der Waals surface area contributed by atoms with Crippen LogP contribution in [0.4, 0.5) is 0 Å². The molecule has 6 nitrogen and oxygen atoms in total. The number of ether oxygens (including phenoxy) is 1. The van der Waals surface area contributed by atoms with Crippen molar-refractivity contribution in [3.8, 4) is 0 Å². The highest BCUT2D eigenvalue weighted by atomic mass is 16.5. The molecule has 1 amide bonds. The Balaban J connectivity index is 4.73. The zero-order valence-electron chi connectivity index (χ0n) is 46.3. The number of nitrogens with one attached hydrogen (secondary N) is 1. The van der Waals surface area contributed by atoms with Crippen LogP contribution in [0.15, 0.2) is 109 Å². The third-order valence-corrected chi connectivity index (χ3v) is 12.8. The van der Waals surface area contributed by atoms with Crippen LogP contribution in [0.2, 0.25) is 0 Å². The molecular weight excluding hydrogens is 875 g/mol. The van der Waals surface area contributed by atoms with E-state index in [2.05, 4.69) is 135 Å². The Hall–Kier alpha value is -3.48. The molecule has 0 aromatic carbocycles. The van der Waals surface area contributed by atoms with Crippen molar-refractivity contribution in [2.75, 3.05) is 6.61 Å². The summed E-state index contributed by atoms with van der Waals surface area (Å²) in [6.07, 6.45) is 78.7. The second-order valence-electron chi connectivity index (χ2n) is 19.7. The minimum atomic E-state index is -0.817. The van der Waals surface area contributed by atoms with E-state index in [1.165, 1.54) is 109 Å². The number of allylic oxidation sites excluding steroid dienone is 18. The van der Waals surface area contributed by atoms with Crippen LogP contribution >= 0.6 is 0 Å². The summed E-state index contributed by atoms with van der Waals surface area (Å²) < 4.78 is 5.92. The van der Waals surface area contributed by atoms with E-state index in [4.69, 9.17) is 4.74 Å². The third-order valence-electron chi connectivity index (χ3n) is 12.8. The minimum absolute atomic E-state index is 0.0196. The summed E-state index contributed by atoms with van der Waals surface area (Å²) in [7, 11) is 0. The van der Waals surface area contributed by atoms with Crippen molar-refractivity contribution in [1.82, 2.24) is 5.32 Å². The van der Waals surface area contributed by atoms with Crippen LogP contribution in [0.25, 0.3) is 0 Å². The topological polar surface area (TPSA) is 95.9 Å². The smallest absolute Gasteiger partial charge is 0.306 e. The van der Waals surface area contributed by atoms with E-state index in [1.54, 1.807) is 0 Å². The van der Waals surface area contributed by atoms with Gasteiger partial charge in [-0.25, -0.2) is 0 Å². The summed E-state index contributed by atoms with van der Waals surface area (Å²) in [5.41, 5.74) is 0. The quantitative estimate of drug-likeness (QED) is 0.0321. The van der Waals surface area contributed by atoms with E-state index in [1.807, 2.05) is 0 Å². The summed E-state index contributed by atoms with van der Waals surface area (Å²) in [5, 5.41) is 23.9. The van der Waals surface area contributed by atoms with E-state index in [9.17, 15) is 19.8 Å². The van der Waals surface area contributed by atoms with Crippen molar-refractivity contribution < 1.29 is 24.5 Å². The number of carbonyl (C=O) groups is 2. The maximum absolute atomic E-state index is 13.3. The fourth-order valence-corrected chi connectivity index (χ4v) is 8.39. The summed E-state index contributed by atoms with van der Waals surface area (Å²) in [5.74, 6) is -0.570. The lowest BCUT2D eigenvalue weighted by atomic mass is 10.0.